The molecule has 0 aromatic heterocycles. The maximum Gasteiger partial charge on any atom is 0.150 e. The number of piperazine rings is 1. The summed E-state index contributed by atoms with van der Waals surface area (Å²) in [5.74, 6) is 1.20. The number of nitrogens with one attached hydrogen (secondary N) is 1. The molecule has 0 unspecified atom stereocenters. The third kappa shape index (κ3) is 5.21. The third-order valence-corrected chi connectivity index (χ3v) is 5.40. The molecule has 0 saturated carbocycles. The van der Waals surface area contributed by atoms with E-state index < -0.39 is 9.84 Å². The first-order valence-corrected chi connectivity index (χ1v) is 9.32. The Hall–Kier alpha value is -1.27. The normalized spacial score (nSPS) is 16.0. The summed E-state index contributed by atoms with van der Waals surface area (Å²) in [6.45, 7) is 6.10. The zero-order valence-corrected chi connectivity index (χ0v) is 13.4. The molecule has 1 aromatic carbocycles. The lowest BCUT2D eigenvalue weighted by molar-refractivity contribution is 0.317. The van der Waals surface area contributed by atoms with E-state index >= 15 is 0 Å². The number of hydrogen-bond donors (Lipinski definition) is 1. The van der Waals surface area contributed by atoms with Crippen LogP contribution in [0.2, 0.25) is 0 Å². The average molecular weight is 312 g/mol. The Balaban J connectivity index is 1.83. The largest absolute Gasteiger partial charge is 0.493 e. The molecule has 1 N–H and O–H groups in total. The zero-order chi connectivity index (χ0) is 15.1. The minimum atomic E-state index is -2.89. The summed E-state index contributed by atoms with van der Waals surface area (Å²) in [6, 6.07) is 8.01. The summed E-state index contributed by atoms with van der Waals surface area (Å²) in [6.07, 6.45) is 0.536. The van der Waals surface area contributed by atoms with Crippen molar-refractivity contribution in [2.75, 3.05) is 49.2 Å². The van der Waals surface area contributed by atoms with Gasteiger partial charge in [-0.05, 0) is 18.6 Å². The van der Waals surface area contributed by atoms with Gasteiger partial charge in [0.05, 0.1) is 12.4 Å². The van der Waals surface area contributed by atoms with Gasteiger partial charge in [0.2, 0.25) is 0 Å². The fourth-order valence-electron chi connectivity index (χ4n) is 2.31. The van der Waals surface area contributed by atoms with Crippen molar-refractivity contribution in [1.29, 1.82) is 0 Å². The first kappa shape index (κ1) is 16.1. The molecule has 1 aliphatic rings. The van der Waals surface area contributed by atoms with Crippen LogP contribution in [0.15, 0.2) is 24.3 Å². The molecule has 0 bridgehead atoms. The Morgan fingerprint density at radius 1 is 1.29 bits per heavy atom. The van der Waals surface area contributed by atoms with Crippen LogP contribution >= 0.6 is 0 Å². The van der Waals surface area contributed by atoms with Crippen LogP contribution in [0.25, 0.3) is 0 Å². The summed E-state index contributed by atoms with van der Waals surface area (Å²) in [7, 11) is -2.89. The molecule has 2 rings (SSSR count). The van der Waals surface area contributed by atoms with Gasteiger partial charge in [0.15, 0.2) is 0 Å². The van der Waals surface area contributed by atoms with E-state index in [1.807, 2.05) is 18.2 Å². The van der Waals surface area contributed by atoms with Crippen LogP contribution in [0, 0.1) is 0 Å². The zero-order valence-electron chi connectivity index (χ0n) is 12.5. The molecule has 1 fully saturated rings. The van der Waals surface area contributed by atoms with Crippen molar-refractivity contribution in [3.8, 4) is 5.75 Å². The summed E-state index contributed by atoms with van der Waals surface area (Å²) in [5, 5.41) is 3.33. The number of ether oxygens (including phenoxy) is 1. The highest BCUT2D eigenvalue weighted by atomic mass is 32.2. The number of sulfone groups is 1. The Morgan fingerprint density at radius 2 is 2.05 bits per heavy atom. The predicted molar refractivity (Wildman–Crippen MR) is 86.0 cm³/mol. The minimum Gasteiger partial charge on any atom is -0.493 e. The highest BCUT2D eigenvalue weighted by Crippen LogP contribution is 2.21. The lowest BCUT2D eigenvalue weighted by Gasteiger charge is -2.29. The van der Waals surface area contributed by atoms with E-state index in [2.05, 4.69) is 16.3 Å². The van der Waals surface area contributed by atoms with Gasteiger partial charge in [-0.1, -0.05) is 13.0 Å². The highest BCUT2D eigenvalue weighted by Gasteiger charge is 2.11. The number of hydrogen-bond acceptors (Lipinski definition) is 5. The first-order valence-electron chi connectivity index (χ1n) is 7.50. The molecule has 0 atom stereocenters. The van der Waals surface area contributed by atoms with E-state index in [9.17, 15) is 8.42 Å². The Morgan fingerprint density at radius 3 is 2.76 bits per heavy atom. The van der Waals surface area contributed by atoms with Gasteiger partial charge >= 0.3 is 0 Å². The molecule has 1 aliphatic heterocycles. The van der Waals surface area contributed by atoms with Crippen molar-refractivity contribution in [2.24, 2.45) is 0 Å². The molecule has 1 aromatic rings. The summed E-state index contributed by atoms with van der Waals surface area (Å²) in [4.78, 5) is 2.32. The predicted octanol–water partition coefficient (Wildman–Crippen LogP) is 1.30. The lowest BCUT2D eigenvalue weighted by atomic mass is 10.2. The number of benzene rings is 1. The van der Waals surface area contributed by atoms with Crippen LogP contribution in [-0.4, -0.2) is 52.7 Å². The summed E-state index contributed by atoms with van der Waals surface area (Å²) in [5.41, 5.74) is 1.16. The topological polar surface area (TPSA) is 58.6 Å². The van der Waals surface area contributed by atoms with Gasteiger partial charge in [0.25, 0.3) is 0 Å². The van der Waals surface area contributed by atoms with Crippen LogP contribution in [0.1, 0.15) is 13.3 Å². The van der Waals surface area contributed by atoms with Crippen LogP contribution in [0.3, 0.4) is 0 Å². The Labute approximate surface area is 127 Å². The van der Waals surface area contributed by atoms with Gasteiger partial charge in [-0.2, -0.15) is 0 Å². The van der Waals surface area contributed by atoms with Crippen molar-refractivity contribution in [1.82, 2.24) is 5.32 Å². The van der Waals surface area contributed by atoms with E-state index in [0.717, 1.165) is 37.6 Å². The molecule has 21 heavy (non-hydrogen) atoms. The quantitative estimate of drug-likeness (QED) is 0.769. The van der Waals surface area contributed by atoms with E-state index in [4.69, 9.17) is 4.74 Å². The lowest BCUT2D eigenvalue weighted by Crippen LogP contribution is -2.43. The molecular weight excluding hydrogens is 288 g/mol. The van der Waals surface area contributed by atoms with E-state index in [0.29, 0.717) is 13.0 Å². The number of rotatable bonds is 7. The molecule has 0 amide bonds. The minimum absolute atomic E-state index is 0.195. The maximum absolute atomic E-state index is 11.4. The van der Waals surface area contributed by atoms with Gasteiger partial charge in [0.1, 0.15) is 15.6 Å². The molecule has 1 saturated heterocycles. The van der Waals surface area contributed by atoms with Crippen LogP contribution < -0.4 is 15.0 Å². The van der Waals surface area contributed by atoms with Crippen molar-refractivity contribution >= 4 is 15.5 Å². The fraction of sp³-hybridized carbons (Fsp3) is 0.600. The SMILES string of the molecule is CCS(=O)(=O)CCCOc1cccc(N2CCNCC2)c1. The van der Waals surface area contributed by atoms with Crippen molar-refractivity contribution in [3.63, 3.8) is 0 Å². The van der Waals surface area contributed by atoms with Gasteiger partial charge in [-0.25, -0.2) is 8.42 Å². The molecular formula is C15H24N2O3S. The molecule has 0 radical (unpaired) electrons. The standard InChI is InChI=1S/C15H24N2O3S/c1-2-21(18,19)12-4-11-20-15-6-3-5-14(13-15)17-9-7-16-8-10-17/h3,5-6,13,16H,2,4,7-12H2,1H3. The van der Waals surface area contributed by atoms with Gasteiger partial charge in [0, 0.05) is 43.7 Å². The third-order valence-electron chi connectivity index (χ3n) is 3.61. The van der Waals surface area contributed by atoms with Gasteiger partial charge in [-0.3, -0.25) is 0 Å². The average Bonchev–Trinajstić information content (AvgIpc) is 2.53. The van der Waals surface area contributed by atoms with E-state index in [1.54, 1.807) is 6.92 Å². The Kier molecular flexibility index (Phi) is 5.87. The number of anilines is 1. The van der Waals surface area contributed by atoms with Crippen LogP contribution in [0.4, 0.5) is 5.69 Å². The summed E-state index contributed by atoms with van der Waals surface area (Å²) >= 11 is 0. The second-order valence-corrected chi connectivity index (χ2v) is 7.65. The molecule has 0 spiro atoms. The van der Waals surface area contributed by atoms with Crippen molar-refractivity contribution in [3.05, 3.63) is 24.3 Å². The molecule has 5 nitrogen and oxygen atoms in total. The van der Waals surface area contributed by atoms with Crippen LogP contribution in [0.5, 0.6) is 5.75 Å². The maximum atomic E-state index is 11.4. The molecule has 0 aliphatic carbocycles. The molecule has 6 heteroatoms. The monoisotopic (exact) mass is 312 g/mol. The highest BCUT2D eigenvalue weighted by molar-refractivity contribution is 7.91. The van der Waals surface area contributed by atoms with Gasteiger partial charge in [-0.15, -0.1) is 0 Å². The number of nitrogens with zero attached hydrogens (tertiary/aromatic N) is 1. The van der Waals surface area contributed by atoms with Crippen molar-refractivity contribution in [2.45, 2.75) is 13.3 Å². The second-order valence-electron chi connectivity index (χ2n) is 5.17. The van der Waals surface area contributed by atoms with E-state index in [1.165, 1.54) is 0 Å². The van der Waals surface area contributed by atoms with Crippen LogP contribution in [-0.2, 0) is 9.84 Å². The second kappa shape index (κ2) is 7.66. The Bertz CT molecular complexity index is 540. The van der Waals surface area contributed by atoms with Gasteiger partial charge < -0.3 is 15.0 Å². The van der Waals surface area contributed by atoms with Crippen molar-refractivity contribution < 1.29 is 13.2 Å². The van der Waals surface area contributed by atoms with E-state index in [-0.39, 0.29) is 11.5 Å². The fourth-order valence-corrected chi connectivity index (χ4v) is 3.15. The summed E-state index contributed by atoms with van der Waals surface area (Å²) < 4.78 is 28.5. The molecule has 1 heterocycles. The first-order chi connectivity index (χ1) is 10.1. The smallest absolute Gasteiger partial charge is 0.150 e. The molecule has 118 valence electrons.